The van der Waals surface area contributed by atoms with Crippen molar-refractivity contribution in [2.45, 2.75) is 5.92 Å². The van der Waals surface area contributed by atoms with Crippen molar-refractivity contribution in [3.8, 4) is 11.3 Å². The number of benzene rings is 2. The third-order valence-electron chi connectivity index (χ3n) is 3.89. The molecule has 3 rings (SSSR count). The van der Waals surface area contributed by atoms with Gasteiger partial charge in [0.15, 0.2) is 0 Å². The molecule has 0 saturated heterocycles. The molecule has 1 aromatic heterocycles. The molecule has 0 aliphatic rings. The first-order chi connectivity index (χ1) is 12.9. The normalized spacial score (nSPS) is 11.9. The lowest BCUT2D eigenvalue weighted by Crippen LogP contribution is -2.36. The SMILES string of the molecule is NNC(=O)C(c1cc(-c2ccc(F)cc2)nc(N)n1)c1c(F)cccc1F. The first-order valence-electron chi connectivity index (χ1n) is 7.75. The smallest absolute Gasteiger partial charge is 0.247 e. The average Bonchev–Trinajstić information content (AvgIpc) is 2.64. The number of hydrogen-bond donors (Lipinski definition) is 3. The van der Waals surface area contributed by atoms with Crippen LogP contribution in [0.25, 0.3) is 11.3 Å². The maximum atomic E-state index is 14.3. The van der Waals surface area contributed by atoms with Gasteiger partial charge in [-0.1, -0.05) is 6.07 Å². The molecule has 0 radical (unpaired) electrons. The van der Waals surface area contributed by atoms with Gasteiger partial charge in [-0.2, -0.15) is 0 Å². The molecule has 9 heteroatoms. The Morgan fingerprint density at radius 2 is 1.63 bits per heavy atom. The molecule has 2 aromatic carbocycles. The number of rotatable bonds is 4. The summed E-state index contributed by atoms with van der Waals surface area (Å²) >= 11 is 0. The zero-order valence-corrected chi connectivity index (χ0v) is 13.8. The molecule has 0 aliphatic carbocycles. The molecular formula is C18H14F3N5O. The molecule has 1 heterocycles. The third-order valence-corrected chi connectivity index (χ3v) is 3.89. The van der Waals surface area contributed by atoms with E-state index in [2.05, 4.69) is 9.97 Å². The van der Waals surface area contributed by atoms with Crippen molar-refractivity contribution in [3.63, 3.8) is 0 Å². The number of amides is 1. The first-order valence-corrected chi connectivity index (χ1v) is 7.75. The Balaban J connectivity index is 2.18. The van der Waals surface area contributed by atoms with Gasteiger partial charge in [-0.05, 0) is 42.5 Å². The number of hydrogen-bond acceptors (Lipinski definition) is 5. The number of anilines is 1. The molecule has 1 unspecified atom stereocenters. The van der Waals surface area contributed by atoms with Crippen molar-refractivity contribution in [1.82, 2.24) is 15.4 Å². The van der Waals surface area contributed by atoms with E-state index in [9.17, 15) is 18.0 Å². The van der Waals surface area contributed by atoms with Crippen molar-refractivity contribution in [2.24, 2.45) is 5.84 Å². The molecule has 27 heavy (non-hydrogen) atoms. The van der Waals surface area contributed by atoms with Crippen LogP contribution in [-0.4, -0.2) is 15.9 Å². The maximum Gasteiger partial charge on any atom is 0.247 e. The lowest BCUT2D eigenvalue weighted by atomic mass is 9.92. The van der Waals surface area contributed by atoms with Crippen LogP contribution in [-0.2, 0) is 4.79 Å². The number of hydrazine groups is 1. The molecule has 0 saturated carbocycles. The van der Waals surface area contributed by atoms with Gasteiger partial charge in [-0.3, -0.25) is 10.2 Å². The van der Waals surface area contributed by atoms with Gasteiger partial charge in [0.2, 0.25) is 11.9 Å². The van der Waals surface area contributed by atoms with Gasteiger partial charge < -0.3 is 5.73 Å². The summed E-state index contributed by atoms with van der Waals surface area (Å²) in [6, 6.07) is 9.87. The van der Waals surface area contributed by atoms with E-state index in [4.69, 9.17) is 11.6 Å². The molecule has 1 amide bonds. The van der Waals surface area contributed by atoms with E-state index in [1.165, 1.54) is 36.4 Å². The summed E-state index contributed by atoms with van der Waals surface area (Å²) in [5.41, 5.74) is 7.74. The van der Waals surface area contributed by atoms with E-state index in [1.54, 1.807) is 0 Å². The van der Waals surface area contributed by atoms with Crippen LogP contribution < -0.4 is 17.0 Å². The van der Waals surface area contributed by atoms with E-state index >= 15 is 0 Å². The van der Waals surface area contributed by atoms with Gasteiger partial charge in [0.1, 0.15) is 23.4 Å². The van der Waals surface area contributed by atoms with Crippen molar-refractivity contribution in [2.75, 3.05) is 5.73 Å². The fourth-order valence-corrected chi connectivity index (χ4v) is 2.68. The lowest BCUT2D eigenvalue weighted by molar-refractivity contribution is -0.121. The molecule has 0 aliphatic heterocycles. The number of halogens is 3. The Labute approximate surface area is 152 Å². The van der Waals surface area contributed by atoms with Crippen molar-refractivity contribution in [3.05, 3.63) is 77.2 Å². The molecule has 0 fully saturated rings. The minimum atomic E-state index is -1.50. The van der Waals surface area contributed by atoms with Crippen LogP contribution in [0.15, 0.2) is 48.5 Å². The Morgan fingerprint density at radius 3 is 2.22 bits per heavy atom. The fourth-order valence-electron chi connectivity index (χ4n) is 2.68. The molecule has 0 spiro atoms. The molecule has 138 valence electrons. The molecule has 1 atom stereocenters. The number of aromatic nitrogens is 2. The number of nitrogens with two attached hydrogens (primary N) is 2. The summed E-state index contributed by atoms with van der Waals surface area (Å²) in [7, 11) is 0. The van der Waals surface area contributed by atoms with Crippen molar-refractivity contribution >= 4 is 11.9 Å². The summed E-state index contributed by atoms with van der Waals surface area (Å²) in [4.78, 5) is 20.3. The van der Waals surface area contributed by atoms with Crippen molar-refractivity contribution < 1.29 is 18.0 Å². The van der Waals surface area contributed by atoms with Gasteiger partial charge in [-0.25, -0.2) is 29.0 Å². The number of carbonyl (C=O) groups is 1. The third kappa shape index (κ3) is 3.72. The Morgan fingerprint density at radius 1 is 1.00 bits per heavy atom. The summed E-state index contributed by atoms with van der Waals surface area (Å²) in [5, 5.41) is 0. The van der Waals surface area contributed by atoms with Crippen molar-refractivity contribution in [1.29, 1.82) is 0 Å². The minimum absolute atomic E-state index is 0.0613. The molecular weight excluding hydrogens is 359 g/mol. The maximum absolute atomic E-state index is 14.3. The highest BCUT2D eigenvalue weighted by molar-refractivity contribution is 5.86. The topological polar surface area (TPSA) is 107 Å². The van der Waals surface area contributed by atoms with Crippen LogP contribution in [0.4, 0.5) is 19.1 Å². The molecule has 0 bridgehead atoms. The second-order valence-corrected chi connectivity index (χ2v) is 5.62. The highest BCUT2D eigenvalue weighted by atomic mass is 19.1. The number of carbonyl (C=O) groups excluding carboxylic acids is 1. The van der Waals surface area contributed by atoms with E-state index in [0.29, 0.717) is 5.56 Å². The summed E-state index contributed by atoms with van der Waals surface area (Å²) < 4.78 is 41.7. The standard InChI is InChI=1S/C18H14F3N5O/c19-10-6-4-9(5-7-10)13-8-14(25-18(22)24-13)16(17(27)26-23)15-11(20)2-1-3-12(15)21/h1-8,16H,23H2,(H,26,27)(H2,22,24,25). The number of nitrogens with one attached hydrogen (secondary N) is 1. The van der Waals surface area contributed by atoms with E-state index < -0.39 is 34.8 Å². The summed E-state index contributed by atoms with van der Waals surface area (Å²) in [6.45, 7) is 0. The van der Waals surface area contributed by atoms with E-state index in [0.717, 1.165) is 12.1 Å². The van der Waals surface area contributed by atoms with Gasteiger partial charge in [0, 0.05) is 11.1 Å². The fraction of sp³-hybridized carbons (Fsp3) is 0.0556. The van der Waals surface area contributed by atoms with E-state index in [-0.39, 0.29) is 17.3 Å². The number of nitrogens with zero attached hydrogens (tertiary/aromatic N) is 2. The van der Waals surface area contributed by atoms with Gasteiger partial charge in [0.05, 0.1) is 11.4 Å². The first kappa shape index (κ1) is 18.3. The summed E-state index contributed by atoms with van der Waals surface area (Å²) in [6.07, 6.45) is 0. The monoisotopic (exact) mass is 373 g/mol. The highest BCUT2D eigenvalue weighted by Gasteiger charge is 2.30. The quantitative estimate of drug-likeness (QED) is 0.369. The van der Waals surface area contributed by atoms with Crippen LogP contribution in [0.1, 0.15) is 17.2 Å². The molecule has 6 nitrogen and oxygen atoms in total. The minimum Gasteiger partial charge on any atom is -0.368 e. The van der Waals surface area contributed by atoms with Gasteiger partial charge >= 0.3 is 0 Å². The highest BCUT2D eigenvalue weighted by Crippen LogP contribution is 2.30. The summed E-state index contributed by atoms with van der Waals surface area (Å²) in [5.74, 6) is 0.250. The Hall–Kier alpha value is -3.46. The average molecular weight is 373 g/mol. The predicted octanol–water partition coefficient (Wildman–Crippen LogP) is 2.26. The second-order valence-electron chi connectivity index (χ2n) is 5.62. The second kappa shape index (κ2) is 7.42. The predicted molar refractivity (Wildman–Crippen MR) is 92.4 cm³/mol. The van der Waals surface area contributed by atoms with Crippen LogP contribution in [0, 0.1) is 17.5 Å². The van der Waals surface area contributed by atoms with Gasteiger partial charge in [0.25, 0.3) is 0 Å². The molecule has 3 aromatic rings. The van der Waals surface area contributed by atoms with Crippen LogP contribution in [0.5, 0.6) is 0 Å². The van der Waals surface area contributed by atoms with Crippen LogP contribution in [0.2, 0.25) is 0 Å². The Kier molecular flexibility index (Phi) is 5.04. The zero-order chi connectivity index (χ0) is 19.6. The molecule has 5 N–H and O–H groups in total. The van der Waals surface area contributed by atoms with Gasteiger partial charge in [-0.15, -0.1) is 0 Å². The zero-order valence-electron chi connectivity index (χ0n) is 13.8. The number of nitrogen functional groups attached to an aromatic ring is 1. The van der Waals surface area contributed by atoms with Crippen LogP contribution in [0.3, 0.4) is 0 Å². The lowest BCUT2D eigenvalue weighted by Gasteiger charge is -2.18. The van der Waals surface area contributed by atoms with E-state index in [1.807, 2.05) is 5.43 Å². The largest absolute Gasteiger partial charge is 0.368 e. The Bertz CT molecular complexity index is 975. The van der Waals surface area contributed by atoms with Crippen LogP contribution >= 0.6 is 0 Å².